The minimum Gasteiger partial charge on any atom is -0.328 e. The largest absolute Gasteiger partial charge is 0.328 e. The molecule has 0 aromatic heterocycles. The molecule has 3 rings (SSSR count). The molecule has 3 fully saturated rings. The fourth-order valence-electron chi connectivity index (χ4n) is 3.22. The van der Waals surface area contributed by atoms with Gasteiger partial charge in [0.15, 0.2) is 0 Å². The van der Waals surface area contributed by atoms with Gasteiger partial charge in [-0.2, -0.15) is 0 Å². The molecular formula is C13H24N2. The summed E-state index contributed by atoms with van der Waals surface area (Å²) in [5, 5.41) is 3.93. The minimum absolute atomic E-state index is 0.468. The Morgan fingerprint density at radius 2 is 1.60 bits per heavy atom. The van der Waals surface area contributed by atoms with Gasteiger partial charge in [-0.3, -0.25) is 0 Å². The first-order valence-electron chi connectivity index (χ1n) is 6.84. The molecule has 0 bridgehead atoms. The van der Waals surface area contributed by atoms with E-state index >= 15 is 0 Å². The van der Waals surface area contributed by atoms with Crippen molar-refractivity contribution in [2.75, 3.05) is 0 Å². The van der Waals surface area contributed by atoms with Crippen LogP contribution in [0.25, 0.3) is 0 Å². The molecule has 2 unspecified atom stereocenters. The Bertz CT molecular complexity index is 209. The summed E-state index contributed by atoms with van der Waals surface area (Å²) < 4.78 is 0. The van der Waals surface area contributed by atoms with Crippen LogP contribution in [0.5, 0.6) is 0 Å². The molecule has 3 N–H and O–H groups in total. The maximum Gasteiger partial charge on any atom is 0.0126 e. The predicted molar refractivity (Wildman–Crippen MR) is 62.6 cm³/mol. The molecule has 0 saturated heterocycles. The topological polar surface area (TPSA) is 38.0 Å². The molecule has 3 saturated carbocycles. The number of hydrogen-bond donors (Lipinski definition) is 2. The van der Waals surface area contributed by atoms with E-state index in [1.165, 1.54) is 51.4 Å². The first-order valence-corrected chi connectivity index (χ1v) is 6.84. The molecule has 3 aliphatic carbocycles. The summed E-state index contributed by atoms with van der Waals surface area (Å²) in [5.74, 6) is 2.05. The van der Waals surface area contributed by atoms with Crippen LogP contribution in [-0.2, 0) is 0 Å². The highest BCUT2D eigenvalue weighted by Crippen LogP contribution is 2.45. The molecule has 3 aliphatic rings. The van der Waals surface area contributed by atoms with Gasteiger partial charge < -0.3 is 11.1 Å². The smallest absolute Gasteiger partial charge is 0.0126 e. The molecule has 0 aromatic carbocycles. The highest BCUT2D eigenvalue weighted by Gasteiger charge is 2.42. The molecule has 0 spiro atoms. The summed E-state index contributed by atoms with van der Waals surface area (Å²) in [6.45, 7) is 0. The minimum atomic E-state index is 0.468. The Kier molecular flexibility index (Phi) is 2.73. The average molecular weight is 208 g/mol. The van der Waals surface area contributed by atoms with Crippen molar-refractivity contribution in [3.05, 3.63) is 0 Å². The van der Waals surface area contributed by atoms with E-state index in [4.69, 9.17) is 5.73 Å². The third kappa shape index (κ3) is 2.54. The van der Waals surface area contributed by atoms with Crippen LogP contribution < -0.4 is 11.1 Å². The number of nitrogens with two attached hydrogens (primary N) is 1. The number of nitrogens with one attached hydrogen (secondary N) is 1. The summed E-state index contributed by atoms with van der Waals surface area (Å²) in [6, 6.07) is 2.07. The molecule has 0 radical (unpaired) electrons. The van der Waals surface area contributed by atoms with Crippen LogP contribution in [0.3, 0.4) is 0 Å². The van der Waals surface area contributed by atoms with Gasteiger partial charge in [-0.25, -0.2) is 0 Å². The van der Waals surface area contributed by atoms with E-state index < -0.39 is 0 Å². The van der Waals surface area contributed by atoms with Crippen molar-refractivity contribution >= 4 is 0 Å². The molecule has 0 amide bonds. The molecule has 2 nitrogen and oxygen atoms in total. The van der Waals surface area contributed by atoms with Gasteiger partial charge in [0.05, 0.1) is 0 Å². The van der Waals surface area contributed by atoms with Crippen LogP contribution in [0.15, 0.2) is 0 Å². The van der Waals surface area contributed by atoms with Crippen molar-refractivity contribution in [3.63, 3.8) is 0 Å². The Hall–Kier alpha value is -0.0800. The maximum absolute atomic E-state index is 6.04. The SMILES string of the molecule is NC1CCCC(NC(C2CC2)C2CC2)C1. The van der Waals surface area contributed by atoms with E-state index in [0.717, 1.165) is 23.9 Å². The van der Waals surface area contributed by atoms with Crippen LogP contribution in [-0.4, -0.2) is 18.1 Å². The summed E-state index contributed by atoms with van der Waals surface area (Å²) >= 11 is 0. The van der Waals surface area contributed by atoms with Crippen molar-refractivity contribution in [1.29, 1.82) is 0 Å². The first-order chi connectivity index (χ1) is 7.33. The maximum atomic E-state index is 6.04. The fourth-order valence-corrected chi connectivity index (χ4v) is 3.22. The summed E-state index contributed by atoms with van der Waals surface area (Å²) in [5.41, 5.74) is 6.04. The quantitative estimate of drug-likeness (QED) is 0.742. The van der Waals surface area contributed by atoms with Crippen LogP contribution >= 0.6 is 0 Å². The van der Waals surface area contributed by atoms with Gasteiger partial charge in [-0.05, 0) is 56.8 Å². The number of hydrogen-bond acceptors (Lipinski definition) is 2. The van der Waals surface area contributed by atoms with Crippen LogP contribution in [0.4, 0.5) is 0 Å². The van der Waals surface area contributed by atoms with E-state index in [1.807, 2.05) is 0 Å². The highest BCUT2D eigenvalue weighted by molar-refractivity contribution is 4.98. The van der Waals surface area contributed by atoms with Crippen LogP contribution in [0.1, 0.15) is 51.4 Å². The van der Waals surface area contributed by atoms with E-state index in [0.29, 0.717) is 6.04 Å². The predicted octanol–water partition coefficient (Wildman–Crippen LogP) is 2.03. The molecular weight excluding hydrogens is 184 g/mol. The average Bonchev–Trinajstić information content (AvgIpc) is 3.07. The molecule has 0 aromatic rings. The van der Waals surface area contributed by atoms with Crippen LogP contribution in [0, 0.1) is 11.8 Å². The number of rotatable bonds is 4. The van der Waals surface area contributed by atoms with Crippen molar-refractivity contribution in [1.82, 2.24) is 5.32 Å². The fraction of sp³-hybridized carbons (Fsp3) is 1.00. The first kappa shape index (κ1) is 10.1. The van der Waals surface area contributed by atoms with E-state index in [-0.39, 0.29) is 0 Å². The summed E-state index contributed by atoms with van der Waals surface area (Å²) in [7, 11) is 0. The zero-order chi connectivity index (χ0) is 10.3. The van der Waals surface area contributed by atoms with Crippen molar-refractivity contribution in [3.8, 4) is 0 Å². The van der Waals surface area contributed by atoms with E-state index in [9.17, 15) is 0 Å². The summed E-state index contributed by atoms with van der Waals surface area (Å²) in [4.78, 5) is 0. The lowest BCUT2D eigenvalue weighted by Gasteiger charge is -2.31. The van der Waals surface area contributed by atoms with E-state index in [1.54, 1.807) is 0 Å². The summed E-state index contributed by atoms with van der Waals surface area (Å²) in [6.07, 6.45) is 11.1. The Morgan fingerprint density at radius 1 is 0.933 bits per heavy atom. The Balaban J connectivity index is 1.53. The standard InChI is InChI=1S/C13H24N2/c14-11-2-1-3-12(8-11)15-13(9-4-5-9)10-6-7-10/h9-13,15H,1-8,14H2. The zero-order valence-electron chi connectivity index (χ0n) is 9.62. The third-order valence-electron chi connectivity index (χ3n) is 4.40. The van der Waals surface area contributed by atoms with Gasteiger partial charge in [0.25, 0.3) is 0 Å². The molecule has 0 aliphatic heterocycles. The monoisotopic (exact) mass is 208 g/mol. The molecule has 86 valence electrons. The highest BCUT2D eigenvalue weighted by atomic mass is 15.0. The zero-order valence-corrected chi connectivity index (χ0v) is 9.62. The molecule has 0 heterocycles. The lowest BCUT2D eigenvalue weighted by atomic mass is 9.90. The Labute approximate surface area is 93.0 Å². The van der Waals surface area contributed by atoms with Crippen molar-refractivity contribution in [2.45, 2.75) is 69.5 Å². The van der Waals surface area contributed by atoms with Crippen molar-refractivity contribution in [2.24, 2.45) is 17.6 Å². The second-order valence-corrected chi connectivity index (χ2v) is 5.99. The normalized spacial score (nSPS) is 37.2. The van der Waals surface area contributed by atoms with Gasteiger partial charge in [-0.1, -0.05) is 6.42 Å². The lowest BCUT2D eigenvalue weighted by Crippen LogP contribution is -2.46. The lowest BCUT2D eigenvalue weighted by molar-refractivity contribution is 0.283. The van der Waals surface area contributed by atoms with Gasteiger partial charge in [0.1, 0.15) is 0 Å². The second-order valence-electron chi connectivity index (χ2n) is 5.99. The van der Waals surface area contributed by atoms with Gasteiger partial charge in [0, 0.05) is 18.1 Å². The van der Waals surface area contributed by atoms with Gasteiger partial charge in [-0.15, -0.1) is 0 Å². The van der Waals surface area contributed by atoms with Crippen LogP contribution in [0.2, 0.25) is 0 Å². The van der Waals surface area contributed by atoms with Crippen molar-refractivity contribution < 1.29 is 0 Å². The third-order valence-corrected chi connectivity index (χ3v) is 4.40. The Morgan fingerprint density at radius 3 is 2.13 bits per heavy atom. The van der Waals surface area contributed by atoms with E-state index in [2.05, 4.69) is 5.32 Å². The van der Waals surface area contributed by atoms with Gasteiger partial charge in [0.2, 0.25) is 0 Å². The second kappa shape index (κ2) is 4.06. The molecule has 2 heteroatoms. The van der Waals surface area contributed by atoms with Gasteiger partial charge >= 0.3 is 0 Å². The molecule has 15 heavy (non-hydrogen) atoms. The molecule has 2 atom stereocenters.